The standard InChI is InChI=1S/C14H16F4N4O2S/c1-2-12-20-13-9(5-8(15)6-10(13)25(23,24)21-12)22-4-3-19-7-11(22)14(16,17)18/h5-6,11,19H,2-4,7H2,1H3,(H,20,21)/t11-/m0/s1. The number of piperazine rings is 1. The van der Waals surface area contributed by atoms with E-state index in [1.807, 2.05) is 0 Å². The van der Waals surface area contributed by atoms with E-state index in [2.05, 4.69) is 15.0 Å². The highest BCUT2D eigenvalue weighted by Gasteiger charge is 2.46. The maximum absolute atomic E-state index is 14.0. The summed E-state index contributed by atoms with van der Waals surface area (Å²) >= 11 is 0. The molecule has 6 nitrogen and oxygen atoms in total. The minimum atomic E-state index is -4.55. The smallest absolute Gasteiger partial charge is 0.356 e. The van der Waals surface area contributed by atoms with Crippen molar-refractivity contribution in [3.05, 3.63) is 17.9 Å². The second-order valence-electron chi connectivity index (χ2n) is 5.74. The van der Waals surface area contributed by atoms with Gasteiger partial charge in [-0.3, -0.25) is 0 Å². The largest absolute Gasteiger partial charge is 0.409 e. The van der Waals surface area contributed by atoms with Gasteiger partial charge in [-0.25, -0.2) is 4.39 Å². The van der Waals surface area contributed by atoms with E-state index in [0.29, 0.717) is 0 Å². The summed E-state index contributed by atoms with van der Waals surface area (Å²) in [6, 6.07) is -0.202. The maximum atomic E-state index is 14.0. The SMILES string of the molecule is CCC1=NS(=O)(=O)c2cc(F)cc(N3CCNC[C@H]3C(F)(F)F)c2N1. The topological polar surface area (TPSA) is 73.8 Å². The molecule has 1 saturated heterocycles. The fourth-order valence-corrected chi connectivity index (χ4v) is 4.16. The van der Waals surface area contributed by atoms with Gasteiger partial charge in [-0.1, -0.05) is 6.92 Å². The predicted octanol–water partition coefficient (Wildman–Crippen LogP) is 2.09. The van der Waals surface area contributed by atoms with E-state index in [1.165, 1.54) is 0 Å². The van der Waals surface area contributed by atoms with Crippen molar-refractivity contribution in [1.29, 1.82) is 0 Å². The van der Waals surface area contributed by atoms with Gasteiger partial charge >= 0.3 is 6.18 Å². The molecule has 1 atom stereocenters. The average Bonchev–Trinajstić information content (AvgIpc) is 2.53. The Kier molecular flexibility index (Phi) is 4.40. The van der Waals surface area contributed by atoms with Crippen LogP contribution in [-0.2, 0) is 10.0 Å². The summed E-state index contributed by atoms with van der Waals surface area (Å²) < 4.78 is 82.1. The van der Waals surface area contributed by atoms with Crippen LogP contribution < -0.4 is 15.5 Å². The van der Waals surface area contributed by atoms with E-state index in [9.17, 15) is 26.0 Å². The third-order valence-corrected chi connectivity index (χ3v) is 5.43. The Bertz CT molecular complexity index is 823. The highest BCUT2D eigenvalue weighted by molar-refractivity contribution is 7.90. The van der Waals surface area contributed by atoms with Crippen LogP contribution in [0.3, 0.4) is 0 Å². The highest BCUT2D eigenvalue weighted by atomic mass is 32.2. The number of fused-ring (bicyclic) bond motifs is 1. The molecule has 0 saturated carbocycles. The fraction of sp³-hybridized carbons (Fsp3) is 0.500. The number of benzene rings is 1. The zero-order valence-corrected chi connectivity index (χ0v) is 14.0. The number of sulfonamides is 1. The molecule has 25 heavy (non-hydrogen) atoms. The number of anilines is 2. The summed E-state index contributed by atoms with van der Waals surface area (Å²) in [6.07, 6.45) is -4.32. The summed E-state index contributed by atoms with van der Waals surface area (Å²) in [5.74, 6) is -0.840. The molecule has 0 radical (unpaired) electrons. The maximum Gasteiger partial charge on any atom is 0.409 e. The molecule has 138 valence electrons. The molecule has 11 heteroatoms. The van der Waals surface area contributed by atoms with Crippen molar-refractivity contribution >= 4 is 27.2 Å². The van der Waals surface area contributed by atoms with Crippen molar-refractivity contribution in [2.45, 2.75) is 30.5 Å². The lowest BCUT2D eigenvalue weighted by atomic mass is 10.1. The van der Waals surface area contributed by atoms with Gasteiger partial charge < -0.3 is 15.5 Å². The lowest BCUT2D eigenvalue weighted by molar-refractivity contribution is -0.149. The first-order valence-electron chi connectivity index (χ1n) is 7.62. The van der Waals surface area contributed by atoms with Crippen LogP contribution in [0.2, 0.25) is 0 Å². The molecule has 0 unspecified atom stereocenters. The van der Waals surface area contributed by atoms with E-state index in [4.69, 9.17) is 0 Å². The van der Waals surface area contributed by atoms with Crippen molar-refractivity contribution < 1.29 is 26.0 Å². The highest BCUT2D eigenvalue weighted by Crippen LogP contribution is 2.40. The number of hydrogen-bond donors (Lipinski definition) is 2. The minimum Gasteiger partial charge on any atom is -0.356 e. The summed E-state index contributed by atoms with van der Waals surface area (Å²) in [7, 11) is -4.18. The minimum absolute atomic E-state index is 0.0413. The first kappa shape index (κ1) is 17.9. The van der Waals surface area contributed by atoms with Crippen molar-refractivity contribution in [2.24, 2.45) is 4.40 Å². The molecule has 0 bridgehead atoms. The van der Waals surface area contributed by atoms with Crippen LogP contribution in [0.1, 0.15) is 13.3 Å². The zero-order chi connectivity index (χ0) is 18.4. The van der Waals surface area contributed by atoms with E-state index in [1.54, 1.807) is 6.92 Å². The Morgan fingerprint density at radius 2 is 2.08 bits per heavy atom. The molecule has 0 aliphatic carbocycles. The normalized spacial score (nSPS) is 22.8. The van der Waals surface area contributed by atoms with Crippen LogP contribution in [0.25, 0.3) is 0 Å². The molecule has 2 heterocycles. The second-order valence-corrected chi connectivity index (χ2v) is 7.32. The van der Waals surface area contributed by atoms with Crippen LogP contribution in [0.5, 0.6) is 0 Å². The fourth-order valence-electron chi connectivity index (χ4n) is 2.92. The molecule has 2 N–H and O–H groups in total. The quantitative estimate of drug-likeness (QED) is 0.769. The third kappa shape index (κ3) is 3.30. The first-order valence-corrected chi connectivity index (χ1v) is 9.06. The van der Waals surface area contributed by atoms with Gasteiger partial charge in [-0.05, 0) is 12.1 Å². The van der Waals surface area contributed by atoms with E-state index in [-0.39, 0.29) is 43.3 Å². The Hall–Kier alpha value is -1.88. The van der Waals surface area contributed by atoms with Gasteiger partial charge in [0, 0.05) is 26.1 Å². The van der Waals surface area contributed by atoms with Gasteiger partial charge in [0.15, 0.2) is 0 Å². The number of halogens is 4. The van der Waals surface area contributed by atoms with Gasteiger partial charge in [0.05, 0.1) is 11.4 Å². The van der Waals surface area contributed by atoms with Gasteiger partial charge in [-0.15, -0.1) is 4.40 Å². The molecule has 3 rings (SSSR count). The number of rotatable bonds is 2. The van der Waals surface area contributed by atoms with Crippen LogP contribution >= 0.6 is 0 Å². The van der Waals surface area contributed by atoms with Crippen LogP contribution in [0.15, 0.2) is 21.4 Å². The molecule has 0 spiro atoms. The third-order valence-electron chi connectivity index (χ3n) is 4.09. The number of amidine groups is 1. The van der Waals surface area contributed by atoms with Crippen molar-refractivity contribution in [3.63, 3.8) is 0 Å². The summed E-state index contributed by atoms with van der Waals surface area (Å²) in [6.45, 7) is 1.51. The first-order chi connectivity index (χ1) is 11.6. The van der Waals surface area contributed by atoms with Crippen LogP contribution in [-0.4, -0.2) is 46.1 Å². The molecule has 1 fully saturated rings. The van der Waals surface area contributed by atoms with Gasteiger partial charge in [0.2, 0.25) is 0 Å². The monoisotopic (exact) mass is 380 g/mol. The summed E-state index contributed by atoms with van der Waals surface area (Å²) in [5.41, 5.74) is -0.201. The molecule has 1 aromatic carbocycles. The second kappa shape index (κ2) is 6.13. The molecular formula is C14H16F4N4O2S. The Morgan fingerprint density at radius 3 is 2.72 bits per heavy atom. The Labute approximate surface area is 142 Å². The Balaban J connectivity index is 2.17. The molecule has 0 amide bonds. The molecule has 0 aromatic heterocycles. The van der Waals surface area contributed by atoms with E-state index in [0.717, 1.165) is 17.0 Å². The van der Waals surface area contributed by atoms with Gasteiger partial charge in [-0.2, -0.15) is 21.6 Å². The van der Waals surface area contributed by atoms with E-state index < -0.39 is 33.0 Å². The van der Waals surface area contributed by atoms with Gasteiger partial charge in [0.25, 0.3) is 10.0 Å². The van der Waals surface area contributed by atoms with Crippen LogP contribution in [0, 0.1) is 5.82 Å². The number of nitrogens with zero attached hydrogens (tertiary/aromatic N) is 2. The van der Waals surface area contributed by atoms with Gasteiger partial charge in [0.1, 0.15) is 22.6 Å². The van der Waals surface area contributed by atoms with Crippen molar-refractivity contribution in [2.75, 3.05) is 29.9 Å². The summed E-state index contributed by atoms with van der Waals surface area (Å²) in [5, 5.41) is 5.40. The molecule has 2 aliphatic heterocycles. The molecule has 2 aliphatic rings. The van der Waals surface area contributed by atoms with Crippen molar-refractivity contribution in [1.82, 2.24) is 5.32 Å². The van der Waals surface area contributed by atoms with Crippen LogP contribution in [0.4, 0.5) is 28.9 Å². The number of hydrogen-bond acceptors (Lipinski definition) is 5. The lowest BCUT2D eigenvalue weighted by Crippen LogP contribution is -2.58. The van der Waals surface area contributed by atoms with Crippen molar-refractivity contribution in [3.8, 4) is 0 Å². The number of nitrogens with one attached hydrogen (secondary N) is 2. The average molecular weight is 380 g/mol. The Morgan fingerprint density at radius 1 is 1.36 bits per heavy atom. The lowest BCUT2D eigenvalue weighted by Gasteiger charge is -2.40. The predicted molar refractivity (Wildman–Crippen MR) is 85.0 cm³/mol. The summed E-state index contributed by atoms with van der Waals surface area (Å²) in [4.78, 5) is 0.527. The number of alkyl halides is 3. The zero-order valence-electron chi connectivity index (χ0n) is 13.2. The van der Waals surface area contributed by atoms with E-state index >= 15 is 0 Å². The molecule has 1 aromatic rings. The molecular weight excluding hydrogens is 364 g/mol.